The molecule has 181 valence electrons. The molecule has 3 rings (SSSR count). The van der Waals surface area contributed by atoms with Crippen LogP contribution in [0.25, 0.3) is 0 Å². The van der Waals surface area contributed by atoms with E-state index in [4.69, 9.17) is 28.4 Å². The first-order valence-electron chi connectivity index (χ1n) is 10.9. The zero-order valence-corrected chi connectivity index (χ0v) is 22.4. The molecule has 6 nitrogen and oxygen atoms in total. The average Bonchev–Trinajstić information content (AvgIpc) is 2.84. The Balaban J connectivity index is 2.44. The summed E-state index contributed by atoms with van der Waals surface area (Å²) in [5, 5.41) is 3.20. The van der Waals surface area contributed by atoms with E-state index in [9.17, 15) is 0 Å². The first-order chi connectivity index (χ1) is 16.3. The van der Waals surface area contributed by atoms with Gasteiger partial charge >= 0.3 is 0 Å². The Morgan fingerprint density at radius 1 is 0.382 bits per heavy atom. The Morgan fingerprint density at radius 3 is 0.824 bits per heavy atom. The van der Waals surface area contributed by atoms with Crippen molar-refractivity contribution < 1.29 is 28.4 Å². The SMILES string of the molecule is COc1cc(OC)c([Si](c2cc(C)c(OC)cc2OC)c2cc(C)c(OC)cc2OC)cc1C. The lowest BCUT2D eigenvalue weighted by Crippen LogP contribution is -2.53. The van der Waals surface area contributed by atoms with Crippen LogP contribution in [-0.2, 0) is 0 Å². The second-order valence-electron chi connectivity index (χ2n) is 7.94. The molecule has 0 aliphatic heterocycles. The van der Waals surface area contributed by atoms with Gasteiger partial charge in [0.25, 0.3) is 0 Å². The molecule has 0 unspecified atom stereocenters. The van der Waals surface area contributed by atoms with Crippen LogP contribution >= 0.6 is 0 Å². The normalized spacial score (nSPS) is 10.8. The second-order valence-corrected chi connectivity index (χ2v) is 10.3. The van der Waals surface area contributed by atoms with Crippen molar-refractivity contribution in [2.75, 3.05) is 42.7 Å². The van der Waals surface area contributed by atoms with Gasteiger partial charge in [0.15, 0.2) is 8.80 Å². The fourth-order valence-corrected chi connectivity index (χ4v) is 7.41. The van der Waals surface area contributed by atoms with Crippen LogP contribution in [0.1, 0.15) is 16.7 Å². The summed E-state index contributed by atoms with van der Waals surface area (Å²) in [7, 11) is 8.35. The van der Waals surface area contributed by atoms with Gasteiger partial charge in [0.05, 0.1) is 42.7 Å². The molecule has 0 atom stereocenters. The Labute approximate surface area is 203 Å². The maximum Gasteiger partial charge on any atom is 0.169 e. The maximum absolute atomic E-state index is 5.88. The molecule has 34 heavy (non-hydrogen) atoms. The number of rotatable bonds is 9. The van der Waals surface area contributed by atoms with E-state index in [1.165, 1.54) is 0 Å². The van der Waals surface area contributed by atoms with Gasteiger partial charge in [-0.3, -0.25) is 0 Å². The molecule has 0 bridgehead atoms. The third kappa shape index (κ3) is 4.66. The summed E-state index contributed by atoms with van der Waals surface area (Å²) in [4.78, 5) is 0. The molecule has 0 amide bonds. The van der Waals surface area contributed by atoms with Crippen LogP contribution in [0.4, 0.5) is 0 Å². The summed E-state index contributed by atoms with van der Waals surface area (Å²) in [6, 6.07) is 12.3. The first kappa shape index (κ1) is 25.3. The highest BCUT2D eigenvalue weighted by atomic mass is 28.3. The fraction of sp³-hybridized carbons (Fsp3) is 0.333. The monoisotopic (exact) mass is 481 g/mol. The smallest absolute Gasteiger partial charge is 0.169 e. The van der Waals surface area contributed by atoms with Crippen LogP contribution in [0.15, 0.2) is 36.4 Å². The Bertz CT molecular complexity index is 1030. The highest BCUT2D eigenvalue weighted by molar-refractivity contribution is 6.97. The van der Waals surface area contributed by atoms with E-state index in [1.54, 1.807) is 42.7 Å². The van der Waals surface area contributed by atoms with Gasteiger partial charge in [0.2, 0.25) is 0 Å². The van der Waals surface area contributed by atoms with Gasteiger partial charge in [-0.25, -0.2) is 0 Å². The van der Waals surface area contributed by atoms with E-state index in [1.807, 2.05) is 39.0 Å². The summed E-state index contributed by atoms with van der Waals surface area (Å²) in [5.41, 5.74) is 3.07. The summed E-state index contributed by atoms with van der Waals surface area (Å²) in [6.45, 7) is 6.11. The molecule has 0 N–H and O–H groups in total. The van der Waals surface area contributed by atoms with E-state index >= 15 is 0 Å². The van der Waals surface area contributed by atoms with Gasteiger partial charge < -0.3 is 28.4 Å². The zero-order valence-electron chi connectivity index (χ0n) is 21.4. The van der Waals surface area contributed by atoms with E-state index < -0.39 is 8.80 Å². The van der Waals surface area contributed by atoms with Crippen molar-refractivity contribution in [3.05, 3.63) is 53.1 Å². The summed E-state index contributed by atoms with van der Waals surface area (Å²) in [6.07, 6.45) is 0. The van der Waals surface area contributed by atoms with Crippen LogP contribution in [0, 0.1) is 20.8 Å². The molecule has 0 aliphatic carbocycles. The van der Waals surface area contributed by atoms with Crippen molar-refractivity contribution in [1.29, 1.82) is 0 Å². The number of benzene rings is 3. The number of hydrogen-bond donors (Lipinski definition) is 0. The number of methoxy groups -OCH3 is 6. The number of hydrogen-bond acceptors (Lipinski definition) is 6. The molecule has 0 saturated heterocycles. The minimum atomic E-state index is -1.68. The zero-order chi connectivity index (χ0) is 25.0. The summed E-state index contributed by atoms with van der Waals surface area (Å²) >= 11 is 0. The molecular formula is C27H33O6Si. The predicted octanol–water partition coefficient (Wildman–Crippen LogP) is 3.18. The first-order valence-corrected chi connectivity index (χ1v) is 12.4. The molecule has 0 heterocycles. The van der Waals surface area contributed by atoms with Crippen molar-refractivity contribution in [2.24, 2.45) is 0 Å². The lowest BCUT2D eigenvalue weighted by atomic mass is 10.2. The summed E-state index contributed by atoms with van der Waals surface area (Å²) < 4.78 is 34.3. The topological polar surface area (TPSA) is 55.4 Å². The van der Waals surface area contributed by atoms with Crippen LogP contribution in [-0.4, -0.2) is 51.5 Å². The van der Waals surface area contributed by atoms with Crippen molar-refractivity contribution in [2.45, 2.75) is 20.8 Å². The third-order valence-corrected chi connectivity index (χ3v) is 8.75. The molecular weight excluding hydrogens is 448 g/mol. The van der Waals surface area contributed by atoms with Crippen LogP contribution in [0.2, 0.25) is 0 Å². The Kier molecular flexibility index (Phi) is 7.99. The highest BCUT2D eigenvalue weighted by Gasteiger charge is 2.31. The van der Waals surface area contributed by atoms with Crippen molar-refractivity contribution in [1.82, 2.24) is 0 Å². The molecule has 3 aromatic rings. The lowest BCUT2D eigenvalue weighted by molar-refractivity contribution is 0.393. The average molecular weight is 482 g/mol. The van der Waals surface area contributed by atoms with Gasteiger partial charge in [-0.1, -0.05) is 18.2 Å². The molecule has 3 aromatic carbocycles. The van der Waals surface area contributed by atoms with Crippen LogP contribution in [0.3, 0.4) is 0 Å². The van der Waals surface area contributed by atoms with E-state index in [0.29, 0.717) is 0 Å². The number of ether oxygens (including phenoxy) is 6. The van der Waals surface area contributed by atoms with Gasteiger partial charge in [0, 0.05) is 18.2 Å². The van der Waals surface area contributed by atoms with Crippen molar-refractivity contribution in [3.8, 4) is 34.5 Å². The van der Waals surface area contributed by atoms with Gasteiger partial charge in [-0.2, -0.15) is 0 Å². The van der Waals surface area contributed by atoms with E-state index in [-0.39, 0.29) is 0 Å². The third-order valence-electron chi connectivity index (χ3n) is 5.96. The maximum atomic E-state index is 5.88. The molecule has 7 heteroatoms. The van der Waals surface area contributed by atoms with Gasteiger partial charge in [-0.05, 0) is 53.0 Å². The van der Waals surface area contributed by atoms with E-state index in [0.717, 1.165) is 66.7 Å². The Hall–Kier alpha value is -3.32. The molecule has 0 fully saturated rings. The highest BCUT2D eigenvalue weighted by Crippen LogP contribution is 2.29. The fourth-order valence-electron chi connectivity index (χ4n) is 4.20. The van der Waals surface area contributed by atoms with Crippen molar-refractivity contribution in [3.63, 3.8) is 0 Å². The minimum absolute atomic E-state index is 0.752. The molecule has 0 aromatic heterocycles. The standard InChI is InChI=1S/C27H33O6Si/c1-16-10-25(22(31-7)13-19(16)28-4)34(26-11-17(2)20(29-5)14-23(26)32-8)27-12-18(3)21(30-6)15-24(27)33-9/h10-15H,1-9H3. The van der Waals surface area contributed by atoms with Crippen molar-refractivity contribution >= 4 is 24.4 Å². The van der Waals surface area contributed by atoms with E-state index in [2.05, 4.69) is 18.2 Å². The quantitative estimate of drug-likeness (QED) is 0.346. The molecule has 0 saturated carbocycles. The molecule has 0 aliphatic rings. The molecule has 1 radical (unpaired) electrons. The number of aryl methyl sites for hydroxylation is 3. The lowest BCUT2D eigenvalue weighted by Gasteiger charge is -2.25. The van der Waals surface area contributed by atoms with Gasteiger partial charge in [0.1, 0.15) is 34.5 Å². The molecule has 0 spiro atoms. The van der Waals surface area contributed by atoms with Crippen LogP contribution < -0.4 is 44.0 Å². The van der Waals surface area contributed by atoms with Gasteiger partial charge in [-0.15, -0.1) is 0 Å². The largest absolute Gasteiger partial charge is 0.497 e. The second kappa shape index (κ2) is 10.7. The minimum Gasteiger partial charge on any atom is -0.497 e. The summed E-state index contributed by atoms with van der Waals surface area (Å²) in [5.74, 6) is 4.58. The predicted molar refractivity (Wildman–Crippen MR) is 138 cm³/mol. The van der Waals surface area contributed by atoms with Crippen LogP contribution in [0.5, 0.6) is 34.5 Å². The Morgan fingerprint density at radius 2 is 0.618 bits per heavy atom.